The third-order valence-electron chi connectivity index (χ3n) is 4.20. The minimum absolute atomic E-state index is 0.00761. The number of anilines is 1. The molecule has 2 aliphatic rings. The standard InChI is InChI=1S/C12H18N4OS/c13-12-15-14-10(18-12)11(17)16-6-5-8-3-1-2-4-9(8)7-16/h8-9H,1-7H2,(H2,13,15). The van der Waals surface area contributed by atoms with Crippen molar-refractivity contribution in [2.75, 3.05) is 18.8 Å². The molecule has 2 heterocycles. The number of amides is 1. The fraction of sp³-hybridized carbons (Fsp3) is 0.750. The van der Waals surface area contributed by atoms with E-state index in [0.717, 1.165) is 25.4 Å². The maximum absolute atomic E-state index is 12.3. The van der Waals surface area contributed by atoms with E-state index in [1.54, 1.807) is 0 Å². The molecule has 0 bridgehead atoms. The van der Waals surface area contributed by atoms with Gasteiger partial charge in [-0.15, -0.1) is 10.2 Å². The molecule has 18 heavy (non-hydrogen) atoms. The molecule has 0 radical (unpaired) electrons. The summed E-state index contributed by atoms with van der Waals surface area (Å²) < 4.78 is 0. The van der Waals surface area contributed by atoms with Gasteiger partial charge in [0, 0.05) is 13.1 Å². The normalized spacial score (nSPS) is 27.9. The molecular formula is C12H18N4OS. The average Bonchev–Trinajstić information content (AvgIpc) is 2.84. The van der Waals surface area contributed by atoms with Crippen molar-refractivity contribution in [2.24, 2.45) is 11.8 Å². The summed E-state index contributed by atoms with van der Waals surface area (Å²) in [5.74, 6) is 1.54. The van der Waals surface area contributed by atoms with Crippen LogP contribution in [0.15, 0.2) is 0 Å². The molecule has 1 saturated carbocycles. The minimum Gasteiger partial charge on any atom is -0.374 e. The molecule has 1 aliphatic carbocycles. The largest absolute Gasteiger partial charge is 0.374 e. The quantitative estimate of drug-likeness (QED) is 0.841. The first-order valence-corrected chi connectivity index (χ1v) is 7.44. The van der Waals surface area contributed by atoms with Crippen molar-refractivity contribution in [3.8, 4) is 0 Å². The molecular weight excluding hydrogens is 248 g/mol. The van der Waals surface area contributed by atoms with Crippen molar-refractivity contribution >= 4 is 22.4 Å². The van der Waals surface area contributed by atoms with Crippen LogP contribution in [0.2, 0.25) is 0 Å². The Labute approximate surface area is 110 Å². The first-order valence-electron chi connectivity index (χ1n) is 6.62. The number of nitrogens with zero attached hydrogens (tertiary/aromatic N) is 3. The van der Waals surface area contributed by atoms with Crippen molar-refractivity contribution in [2.45, 2.75) is 32.1 Å². The highest BCUT2D eigenvalue weighted by atomic mass is 32.1. The Bertz CT molecular complexity index is 447. The highest BCUT2D eigenvalue weighted by Crippen LogP contribution is 2.36. The number of likely N-dealkylation sites (tertiary alicyclic amines) is 1. The van der Waals surface area contributed by atoms with Crippen LogP contribution in [0, 0.1) is 11.8 Å². The van der Waals surface area contributed by atoms with E-state index in [1.165, 1.54) is 37.0 Å². The molecule has 5 nitrogen and oxygen atoms in total. The number of rotatable bonds is 1. The zero-order chi connectivity index (χ0) is 12.5. The van der Waals surface area contributed by atoms with Crippen molar-refractivity contribution < 1.29 is 4.79 Å². The van der Waals surface area contributed by atoms with Gasteiger partial charge in [0.25, 0.3) is 5.91 Å². The van der Waals surface area contributed by atoms with Crippen LogP contribution in [-0.4, -0.2) is 34.1 Å². The van der Waals surface area contributed by atoms with E-state index >= 15 is 0 Å². The number of fused-ring (bicyclic) bond motifs is 1. The maximum Gasteiger partial charge on any atom is 0.284 e. The van der Waals surface area contributed by atoms with E-state index in [0.29, 0.717) is 16.1 Å². The first-order chi connectivity index (χ1) is 8.74. The second kappa shape index (κ2) is 4.84. The molecule has 1 saturated heterocycles. The topological polar surface area (TPSA) is 72.1 Å². The molecule has 0 spiro atoms. The molecule has 98 valence electrons. The van der Waals surface area contributed by atoms with Crippen molar-refractivity contribution in [1.29, 1.82) is 0 Å². The predicted octanol–water partition coefficient (Wildman–Crippen LogP) is 1.77. The molecule has 0 aromatic carbocycles. The number of nitrogen functional groups attached to an aromatic ring is 1. The monoisotopic (exact) mass is 266 g/mol. The molecule has 2 N–H and O–H groups in total. The molecule has 3 rings (SSSR count). The maximum atomic E-state index is 12.3. The lowest BCUT2D eigenvalue weighted by Crippen LogP contribution is -2.44. The van der Waals surface area contributed by atoms with Crippen LogP contribution in [0.1, 0.15) is 41.9 Å². The second-order valence-corrected chi connectivity index (χ2v) is 6.30. The van der Waals surface area contributed by atoms with Gasteiger partial charge in [-0.2, -0.15) is 0 Å². The van der Waals surface area contributed by atoms with Gasteiger partial charge in [-0.25, -0.2) is 0 Å². The lowest BCUT2D eigenvalue weighted by molar-refractivity contribution is 0.0520. The number of piperidine rings is 1. The second-order valence-electron chi connectivity index (χ2n) is 5.29. The van der Waals surface area contributed by atoms with E-state index in [9.17, 15) is 4.79 Å². The number of hydrogen-bond acceptors (Lipinski definition) is 5. The zero-order valence-corrected chi connectivity index (χ0v) is 11.2. The van der Waals surface area contributed by atoms with Crippen LogP contribution in [0.25, 0.3) is 0 Å². The average molecular weight is 266 g/mol. The van der Waals surface area contributed by atoms with Crippen LogP contribution in [0.4, 0.5) is 5.13 Å². The molecule has 1 aromatic rings. The molecule has 6 heteroatoms. The SMILES string of the molecule is Nc1nnc(C(=O)N2CCC3CCCCC3C2)s1. The van der Waals surface area contributed by atoms with Crippen LogP contribution in [0.5, 0.6) is 0 Å². The number of aromatic nitrogens is 2. The molecule has 1 amide bonds. The van der Waals surface area contributed by atoms with Gasteiger partial charge in [-0.1, -0.05) is 30.6 Å². The molecule has 2 atom stereocenters. The summed E-state index contributed by atoms with van der Waals surface area (Å²) in [6, 6.07) is 0. The van der Waals surface area contributed by atoms with Gasteiger partial charge >= 0.3 is 0 Å². The molecule has 2 unspecified atom stereocenters. The summed E-state index contributed by atoms with van der Waals surface area (Å²) in [6.07, 6.45) is 6.44. The van der Waals surface area contributed by atoms with Gasteiger partial charge < -0.3 is 10.6 Å². The third-order valence-corrected chi connectivity index (χ3v) is 4.94. The summed E-state index contributed by atoms with van der Waals surface area (Å²) in [5.41, 5.74) is 5.53. The lowest BCUT2D eigenvalue weighted by atomic mass is 9.75. The van der Waals surface area contributed by atoms with Crippen LogP contribution in [0.3, 0.4) is 0 Å². The Balaban J connectivity index is 1.68. The van der Waals surface area contributed by atoms with E-state index in [2.05, 4.69) is 10.2 Å². The number of carbonyl (C=O) groups is 1. The Kier molecular flexibility index (Phi) is 3.20. The zero-order valence-electron chi connectivity index (χ0n) is 10.3. The highest BCUT2D eigenvalue weighted by Gasteiger charge is 2.34. The first kappa shape index (κ1) is 11.9. The summed E-state index contributed by atoms with van der Waals surface area (Å²) in [7, 11) is 0. The van der Waals surface area contributed by atoms with Crippen LogP contribution >= 0.6 is 11.3 Å². The summed E-state index contributed by atoms with van der Waals surface area (Å²) in [5, 5.41) is 8.36. The predicted molar refractivity (Wildman–Crippen MR) is 70.3 cm³/mol. The van der Waals surface area contributed by atoms with E-state index < -0.39 is 0 Å². The number of nitrogens with two attached hydrogens (primary N) is 1. The van der Waals surface area contributed by atoms with Gasteiger partial charge in [-0.05, 0) is 24.7 Å². The Morgan fingerprint density at radius 1 is 1.22 bits per heavy atom. The van der Waals surface area contributed by atoms with Gasteiger partial charge in [-0.3, -0.25) is 4.79 Å². The highest BCUT2D eigenvalue weighted by molar-refractivity contribution is 7.16. The fourth-order valence-electron chi connectivity index (χ4n) is 3.24. The third kappa shape index (κ3) is 2.21. The smallest absolute Gasteiger partial charge is 0.284 e. The molecule has 1 aromatic heterocycles. The van der Waals surface area contributed by atoms with Crippen molar-refractivity contribution in [3.63, 3.8) is 0 Å². The number of carbonyl (C=O) groups excluding carboxylic acids is 1. The van der Waals surface area contributed by atoms with Gasteiger partial charge in [0.15, 0.2) is 0 Å². The summed E-state index contributed by atoms with van der Waals surface area (Å²) >= 11 is 1.18. The van der Waals surface area contributed by atoms with E-state index in [4.69, 9.17) is 5.73 Å². The van der Waals surface area contributed by atoms with Crippen molar-refractivity contribution in [3.05, 3.63) is 5.01 Å². The Morgan fingerprint density at radius 3 is 2.72 bits per heavy atom. The van der Waals surface area contributed by atoms with Gasteiger partial charge in [0.1, 0.15) is 0 Å². The van der Waals surface area contributed by atoms with E-state index in [-0.39, 0.29) is 5.91 Å². The van der Waals surface area contributed by atoms with Crippen LogP contribution in [-0.2, 0) is 0 Å². The van der Waals surface area contributed by atoms with Gasteiger partial charge in [0.05, 0.1) is 0 Å². The van der Waals surface area contributed by atoms with E-state index in [1.807, 2.05) is 4.90 Å². The van der Waals surface area contributed by atoms with Crippen molar-refractivity contribution in [1.82, 2.24) is 15.1 Å². The Hall–Kier alpha value is -1.17. The van der Waals surface area contributed by atoms with Crippen LogP contribution < -0.4 is 5.73 Å². The number of hydrogen-bond donors (Lipinski definition) is 1. The molecule has 2 fully saturated rings. The Morgan fingerprint density at radius 2 is 2.00 bits per heavy atom. The fourth-order valence-corrected chi connectivity index (χ4v) is 3.82. The summed E-state index contributed by atoms with van der Waals surface area (Å²) in [6.45, 7) is 1.75. The minimum atomic E-state index is 0.00761. The summed E-state index contributed by atoms with van der Waals surface area (Å²) in [4.78, 5) is 14.2. The lowest BCUT2D eigenvalue weighted by Gasteiger charge is -2.40. The molecule has 1 aliphatic heterocycles. The van der Waals surface area contributed by atoms with Gasteiger partial charge in [0.2, 0.25) is 10.1 Å².